The van der Waals surface area contributed by atoms with Gasteiger partial charge in [0.25, 0.3) is 0 Å². The lowest BCUT2D eigenvalue weighted by Crippen LogP contribution is -2.42. The van der Waals surface area contributed by atoms with Gasteiger partial charge < -0.3 is 14.5 Å². The number of hydrogen-bond acceptors (Lipinski definition) is 7. The standard InChI is InChI=1S/C22H26N4O4S/c1-31(28,29)18-4-5-19-16(12-18)6-11-26(19)20-13-21(24-14-23-20)30-17-7-9-25(10-8-17)22(27)15-2-3-15/h4-5,12-15,17H,2-3,6-11H2,1H3. The van der Waals surface area contributed by atoms with Crippen LogP contribution < -0.4 is 9.64 Å². The molecule has 2 fully saturated rings. The largest absolute Gasteiger partial charge is 0.474 e. The molecule has 2 aromatic rings. The second kappa shape index (κ2) is 7.78. The summed E-state index contributed by atoms with van der Waals surface area (Å²) in [6, 6.07) is 7.07. The monoisotopic (exact) mass is 442 g/mol. The second-order valence-electron chi connectivity index (χ2n) is 8.60. The third kappa shape index (κ3) is 4.23. The third-order valence-electron chi connectivity index (χ3n) is 6.25. The number of likely N-dealkylation sites (tertiary alicyclic amines) is 1. The van der Waals surface area contributed by atoms with Gasteiger partial charge in [-0.15, -0.1) is 0 Å². The Morgan fingerprint density at radius 2 is 1.84 bits per heavy atom. The van der Waals surface area contributed by atoms with Crippen LogP contribution in [0.1, 0.15) is 31.2 Å². The van der Waals surface area contributed by atoms with Crippen LogP contribution in [0.15, 0.2) is 35.5 Å². The maximum atomic E-state index is 12.2. The lowest BCUT2D eigenvalue weighted by atomic mass is 10.1. The topological polar surface area (TPSA) is 92.7 Å². The number of ether oxygens (including phenoxy) is 1. The lowest BCUT2D eigenvalue weighted by molar-refractivity contribution is -0.134. The predicted octanol–water partition coefficient (Wildman–Crippen LogP) is 2.35. The summed E-state index contributed by atoms with van der Waals surface area (Å²) in [7, 11) is -3.23. The summed E-state index contributed by atoms with van der Waals surface area (Å²) >= 11 is 0. The molecule has 164 valence electrons. The van der Waals surface area contributed by atoms with Gasteiger partial charge in [0.15, 0.2) is 9.84 Å². The maximum absolute atomic E-state index is 12.2. The summed E-state index contributed by atoms with van der Waals surface area (Å²) in [5.74, 6) is 1.82. The van der Waals surface area contributed by atoms with Gasteiger partial charge in [-0.25, -0.2) is 18.4 Å². The van der Waals surface area contributed by atoms with Crippen LogP contribution in [-0.4, -0.2) is 61.2 Å². The van der Waals surface area contributed by atoms with Crippen LogP contribution in [0.4, 0.5) is 11.5 Å². The van der Waals surface area contributed by atoms with E-state index in [-0.39, 0.29) is 12.0 Å². The fourth-order valence-corrected chi connectivity index (χ4v) is 5.01. The molecule has 1 amide bonds. The summed E-state index contributed by atoms with van der Waals surface area (Å²) in [6.07, 6.45) is 7.20. The Morgan fingerprint density at radius 3 is 2.55 bits per heavy atom. The zero-order valence-corrected chi connectivity index (χ0v) is 18.3. The Kier molecular flexibility index (Phi) is 5.08. The van der Waals surface area contributed by atoms with E-state index in [1.807, 2.05) is 17.0 Å². The van der Waals surface area contributed by atoms with Crippen LogP contribution in [-0.2, 0) is 21.1 Å². The first-order chi connectivity index (χ1) is 14.9. The van der Waals surface area contributed by atoms with E-state index in [0.717, 1.165) is 68.8 Å². The van der Waals surface area contributed by atoms with E-state index in [0.29, 0.717) is 16.7 Å². The van der Waals surface area contributed by atoms with Gasteiger partial charge in [-0.3, -0.25) is 4.79 Å². The summed E-state index contributed by atoms with van der Waals surface area (Å²) in [5, 5.41) is 0. The highest BCUT2D eigenvalue weighted by Crippen LogP contribution is 2.36. The van der Waals surface area contributed by atoms with Crippen LogP contribution in [0.25, 0.3) is 0 Å². The first kappa shape index (κ1) is 20.2. The molecule has 3 heterocycles. The SMILES string of the molecule is CS(=O)(=O)c1ccc2c(c1)CCN2c1cc(OC2CCN(C(=O)C3CC3)CC2)ncn1. The smallest absolute Gasteiger partial charge is 0.225 e. The minimum Gasteiger partial charge on any atom is -0.474 e. The van der Waals surface area contributed by atoms with Crippen LogP contribution >= 0.6 is 0 Å². The van der Waals surface area contributed by atoms with E-state index in [9.17, 15) is 13.2 Å². The van der Waals surface area contributed by atoms with Crippen molar-refractivity contribution in [3.8, 4) is 5.88 Å². The highest BCUT2D eigenvalue weighted by molar-refractivity contribution is 7.90. The highest BCUT2D eigenvalue weighted by Gasteiger charge is 2.35. The normalized spacial score (nSPS) is 19.4. The number of amides is 1. The number of carbonyl (C=O) groups excluding carboxylic acids is 1. The van der Waals surface area contributed by atoms with Crippen molar-refractivity contribution in [2.45, 2.75) is 43.1 Å². The van der Waals surface area contributed by atoms with Crippen LogP contribution in [0, 0.1) is 5.92 Å². The molecule has 1 saturated carbocycles. The van der Waals surface area contributed by atoms with E-state index in [1.165, 1.54) is 12.6 Å². The Bertz CT molecular complexity index is 1110. The number of nitrogens with zero attached hydrogens (tertiary/aromatic N) is 4. The van der Waals surface area contributed by atoms with E-state index in [2.05, 4.69) is 14.9 Å². The number of benzene rings is 1. The molecule has 2 aliphatic heterocycles. The van der Waals surface area contributed by atoms with Crippen molar-refractivity contribution in [2.24, 2.45) is 5.92 Å². The van der Waals surface area contributed by atoms with Gasteiger partial charge in [0, 0.05) is 56.4 Å². The zero-order chi connectivity index (χ0) is 21.6. The number of carbonyl (C=O) groups is 1. The number of piperidine rings is 1. The Hall–Kier alpha value is -2.68. The first-order valence-electron chi connectivity index (χ1n) is 10.8. The molecular formula is C22H26N4O4S. The molecular weight excluding hydrogens is 416 g/mol. The molecule has 0 atom stereocenters. The number of hydrogen-bond donors (Lipinski definition) is 0. The number of sulfone groups is 1. The number of aromatic nitrogens is 2. The molecule has 31 heavy (non-hydrogen) atoms. The first-order valence-corrected chi connectivity index (χ1v) is 12.7. The van der Waals surface area contributed by atoms with Gasteiger partial charge >= 0.3 is 0 Å². The molecule has 1 aromatic heterocycles. The van der Waals surface area contributed by atoms with Crippen molar-refractivity contribution in [3.63, 3.8) is 0 Å². The van der Waals surface area contributed by atoms with Gasteiger partial charge in [0.2, 0.25) is 11.8 Å². The molecule has 5 rings (SSSR count). The van der Waals surface area contributed by atoms with Crippen LogP contribution in [0.2, 0.25) is 0 Å². The Morgan fingerprint density at radius 1 is 1.06 bits per heavy atom. The summed E-state index contributed by atoms with van der Waals surface area (Å²) in [5.41, 5.74) is 1.96. The van der Waals surface area contributed by atoms with Gasteiger partial charge in [-0.05, 0) is 43.0 Å². The minimum absolute atomic E-state index is 0.0363. The zero-order valence-electron chi connectivity index (χ0n) is 17.5. The molecule has 1 aromatic carbocycles. The number of anilines is 2. The lowest BCUT2D eigenvalue weighted by Gasteiger charge is -2.32. The summed E-state index contributed by atoms with van der Waals surface area (Å²) < 4.78 is 29.8. The molecule has 3 aliphatic rings. The van der Waals surface area contributed by atoms with E-state index >= 15 is 0 Å². The second-order valence-corrected chi connectivity index (χ2v) is 10.6. The molecule has 0 unspecified atom stereocenters. The number of fused-ring (bicyclic) bond motifs is 1. The van der Waals surface area contributed by atoms with Crippen molar-refractivity contribution in [1.29, 1.82) is 0 Å². The van der Waals surface area contributed by atoms with Gasteiger partial charge in [-0.1, -0.05) is 0 Å². The van der Waals surface area contributed by atoms with Gasteiger partial charge in [0.05, 0.1) is 4.90 Å². The molecule has 1 aliphatic carbocycles. The minimum atomic E-state index is -3.23. The fourth-order valence-electron chi connectivity index (χ4n) is 4.34. The van der Waals surface area contributed by atoms with Crippen LogP contribution in [0.3, 0.4) is 0 Å². The molecule has 8 nitrogen and oxygen atoms in total. The molecule has 0 bridgehead atoms. The molecule has 1 saturated heterocycles. The van der Waals surface area contributed by atoms with Gasteiger partial charge in [0.1, 0.15) is 18.2 Å². The summed E-state index contributed by atoms with van der Waals surface area (Å²) in [6.45, 7) is 2.20. The molecule has 0 N–H and O–H groups in total. The summed E-state index contributed by atoms with van der Waals surface area (Å²) in [4.78, 5) is 25.3. The van der Waals surface area contributed by atoms with E-state index in [4.69, 9.17) is 4.74 Å². The van der Waals surface area contributed by atoms with Crippen molar-refractivity contribution < 1.29 is 17.9 Å². The maximum Gasteiger partial charge on any atom is 0.225 e. The Labute approximate surface area is 182 Å². The predicted molar refractivity (Wildman–Crippen MR) is 115 cm³/mol. The van der Waals surface area contributed by atoms with Crippen molar-refractivity contribution in [2.75, 3.05) is 30.8 Å². The number of rotatable bonds is 5. The third-order valence-corrected chi connectivity index (χ3v) is 7.36. The fraction of sp³-hybridized carbons (Fsp3) is 0.500. The average molecular weight is 443 g/mol. The van der Waals surface area contributed by atoms with E-state index in [1.54, 1.807) is 12.1 Å². The van der Waals surface area contributed by atoms with Crippen LogP contribution in [0.5, 0.6) is 5.88 Å². The average Bonchev–Trinajstić information content (AvgIpc) is 3.52. The van der Waals surface area contributed by atoms with Crippen molar-refractivity contribution in [1.82, 2.24) is 14.9 Å². The molecule has 0 spiro atoms. The molecule has 0 radical (unpaired) electrons. The van der Waals surface area contributed by atoms with E-state index < -0.39 is 9.84 Å². The quantitative estimate of drug-likeness (QED) is 0.702. The Balaban J connectivity index is 1.26. The van der Waals surface area contributed by atoms with Crippen molar-refractivity contribution >= 4 is 27.2 Å². The highest BCUT2D eigenvalue weighted by atomic mass is 32.2. The van der Waals surface area contributed by atoms with Crippen molar-refractivity contribution in [3.05, 3.63) is 36.2 Å². The van der Waals surface area contributed by atoms with Gasteiger partial charge in [-0.2, -0.15) is 0 Å². The molecule has 9 heteroatoms.